The molecule has 0 aliphatic heterocycles. The van der Waals surface area contributed by atoms with Crippen molar-refractivity contribution < 1.29 is 102 Å². The Morgan fingerprint density at radius 1 is 0.589 bits per heavy atom. The quantitative estimate of drug-likeness (QED) is 0.0158. The maximum absolute atomic E-state index is 12.7. The van der Waals surface area contributed by atoms with Gasteiger partial charge >= 0.3 is 44.0 Å². The number of carboxylic acid groups (broad SMARTS) is 2. The number of carbonyl (C=O) groups excluding carboxylic acids is 6. The average molecular weight is 1940 g/mol. The number of aromatic nitrogens is 11. The van der Waals surface area contributed by atoms with E-state index in [9.17, 15) is 47.1 Å². The molecule has 0 spiro atoms. The number of anilines is 4. The first-order chi connectivity index (χ1) is 49.1. The number of amides is 2. The number of aliphatic carboxylic acids is 1. The number of rotatable bonds is 10. The molecule has 4 atom stereocenters. The van der Waals surface area contributed by atoms with E-state index in [1.54, 1.807) is 57.9 Å². The molecule has 0 bridgehead atoms. The van der Waals surface area contributed by atoms with Gasteiger partial charge in [0.05, 0.1) is 63.6 Å². The van der Waals surface area contributed by atoms with Crippen LogP contribution in [0.25, 0.3) is 28.2 Å². The van der Waals surface area contributed by atoms with Gasteiger partial charge in [-0.1, -0.05) is 58.4 Å². The van der Waals surface area contributed by atoms with Crippen LogP contribution in [0, 0.1) is 11.8 Å². The van der Waals surface area contributed by atoms with Gasteiger partial charge in [0.15, 0.2) is 35.2 Å². The molecule has 562 valence electrons. The third-order valence-electron chi connectivity index (χ3n) is 13.0. The number of ether oxygens (including phenoxy) is 1. The fourth-order valence-corrected chi connectivity index (χ4v) is 11.5. The minimum atomic E-state index is -1.46. The molecular weight excluding hydrogens is 1880 g/mol. The van der Waals surface area contributed by atoms with E-state index in [1.807, 2.05) is 125 Å². The summed E-state index contributed by atoms with van der Waals surface area (Å²) in [6, 6.07) is 36.4. The number of alkyl halides is 3. The van der Waals surface area contributed by atoms with Crippen LogP contribution in [0.15, 0.2) is 180 Å². The first-order valence-electron chi connectivity index (χ1n) is 29.9. The van der Waals surface area contributed by atoms with E-state index in [-0.39, 0.29) is 64.7 Å². The second kappa shape index (κ2) is 43.8. The van der Waals surface area contributed by atoms with Crippen molar-refractivity contribution in [2.75, 3.05) is 27.4 Å². The number of nitrogen functional groups attached to an aromatic ring is 2. The molecule has 2 fully saturated rings. The van der Waals surface area contributed by atoms with Gasteiger partial charge in [-0.3, -0.25) is 56.1 Å². The number of nitrogens with zero attached hydrogens (tertiary/aromatic N) is 11. The van der Waals surface area contributed by atoms with Crippen LogP contribution in [0.3, 0.4) is 0 Å². The van der Waals surface area contributed by atoms with Gasteiger partial charge in [0.1, 0.15) is 68.1 Å². The first kappa shape index (κ1) is 93.2. The number of nitrogens with one attached hydrogen (secondary N) is 2. The van der Waals surface area contributed by atoms with Crippen LogP contribution in [0.5, 0.6) is 0 Å². The predicted molar refractivity (Wildman–Crippen MR) is 419 cm³/mol. The normalized spacial score (nSPS) is 13.8. The molecule has 0 radical (unpaired) electrons. The molecule has 2 amide bonds. The summed E-state index contributed by atoms with van der Waals surface area (Å²) < 4.78 is 44.0. The van der Waals surface area contributed by atoms with Gasteiger partial charge in [-0.2, -0.15) is 0 Å². The molecule has 12 aromatic heterocycles. The number of thiophene rings is 1. The number of carboxylic acids is 2. The molecule has 2 aliphatic rings. The molecule has 0 unspecified atom stereocenters. The molecule has 13 N–H and O–H groups in total. The molecule has 14 rings (SSSR count). The number of carbonyl (C=O) groups is 8. The number of aldehydes is 1. The van der Waals surface area contributed by atoms with Crippen molar-refractivity contribution in [3.05, 3.63) is 196 Å². The van der Waals surface area contributed by atoms with Crippen LogP contribution in [0.2, 0.25) is 0 Å². The third kappa shape index (κ3) is 29.8. The van der Waals surface area contributed by atoms with Gasteiger partial charge in [0, 0.05) is 31.0 Å². The van der Waals surface area contributed by atoms with E-state index >= 15 is 0 Å². The molecule has 12 aromatic rings. The molecule has 42 heteroatoms. The Morgan fingerprint density at radius 2 is 0.991 bits per heavy atom. The number of hydrogen-bond donors (Lipinski definition) is 8. The maximum atomic E-state index is 12.7. The summed E-state index contributed by atoms with van der Waals surface area (Å²) in [6.45, 7) is 8.20. The summed E-state index contributed by atoms with van der Waals surface area (Å²) in [5.41, 5.74) is 14.6. The molecule has 2 aliphatic carbocycles. The molecule has 30 nitrogen and oxygen atoms in total. The summed E-state index contributed by atoms with van der Waals surface area (Å²) in [5.74, 6) is -2.30. The minimum Gasteiger partial charge on any atom is -0.870 e. The SMILES string of the molecule is CC(=O)C(=O)CBr.CC(=O)c1cn2c(Br)cccc2n1.CC(C)(C)OC(=O)Nc1cn2c(Br)cccc2n1.Nc1cccc(Br)n1.Nc1cn2c(Br)cccc2n1.O.O=C(Nc1cn2c(Br)cccc2n1)[C@H]1C[C@@H]1F.O=C(O)[C@H]1C[C@@H]1F.O=C(O)c1cn2c(Br)cccc2n1.O=Cc1ccc(B(O)O)s1.[Li+].[OH-]. The molecule has 0 aromatic carbocycles. The summed E-state index contributed by atoms with van der Waals surface area (Å²) in [7, 11) is -1.46. The van der Waals surface area contributed by atoms with Crippen molar-refractivity contribution in [3.8, 4) is 0 Å². The van der Waals surface area contributed by atoms with Gasteiger partial charge in [-0.05, 0) is 208 Å². The molecule has 0 saturated heterocycles. The van der Waals surface area contributed by atoms with E-state index in [2.05, 4.69) is 152 Å². The van der Waals surface area contributed by atoms with E-state index < -0.39 is 60.7 Å². The number of pyridine rings is 6. The number of hydrogen-bond acceptors (Lipinski definition) is 21. The number of imidazole rings is 5. The number of ketones is 3. The minimum absolute atomic E-state index is 0. The van der Waals surface area contributed by atoms with Gasteiger partial charge in [-0.15, -0.1) is 11.3 Å². The summed E-state index contributed by atoms with van der Waals surface area (Å²) in [5, 5.41) is 39.2. The van der Waals surface area contributed by atoms with Crippen molar-refractivity contribution in [3.63, 3.8) is 0 Å². The van der Waals surface area contributed by atoms with Crippen LogP contribution in [0.4, 0.5) is 36.8 Å². The zero-order valence-electron chi connectivity index (χ0n) is 56.8. The van der Waals surface area contributed by atoms with Crippen LogP contribution < -0.4 is 45.7 Å². The van der Waals surface area contributed by atoms with Crippen LogP contribution >= 0.6 is 123 Å². The fraction of sp³-hybridized carbons (Fsp3) is 0.200. The Balaban J connectivity index is 0.000000316. The van der Waals surface area contributed by atoms with Crippen molar-refractivity contribution in [2.24, 2.45) is 11.8 Å². The summed E-state index contributed by atoms with van der Waals surface area (Å²) in [4.78, 5) is 110. The molecule has 107 heavy (non-hydrogen) atoms. The van der Waals surface area contributed by atoms with Gasteiger partial charge in [0.25, 0.3) is 0 Å². The van der Waals surface area contributed by atoms with E-state index in [0.717, 1.165) is 61.5 Å². The largest absolute Gasteiger partial charge is 1.00 e. The molecule has 2 saturated carbocycles. The van der Waals surface area contributed by atoms with Gasteiger partial charge < -0.3 is 52.7 Å². The Kier molecular flexibility index (Phi) is 38.2. The predicted octanol–water partition coefficient (Wildman–Crippen LogP) is 9.25. The Bertz CT molecular complexity index is 4940. The van der Waals surface area contributed by atoms with Crippen molar-refractivity contribution in [1.29, 1.82) is 0 Å². The Hall–Kier alpha value is -8.02. The van der Waals surface area contributed by atoms with E-state index in [4.69, 9.17) is 36.5 Å². The van der Waals surface area contributed by atoms with Gasteiger partial charge in [0.2, 0.25) is 11.7 Å². The fourth-order valence-electron chi connectivity index (χ4n) is 7.87. The number of fused-ring (bicyclic) bond motifs is 5. The number of aromatic carboxylic acids is 1. The maximum Gasteiger partial charge on any atom is 1.00 e. The van der Waals surface area contributed by atoms with Crippen LogP contribution in [-0.2, 0) is 23.9 Å². The topological polar surface area (TPSA) is 464 Å². The number of halogens is 9. The monoisotopic (exact) mass is 1930 g/mol. The second-order valence-electron chi connectivity index (χ2n) is 22.3. The molecule has 12 heterocycles. The van der Waals surface area contributed by atoms with Crippen LogP contribution in [-0.4, -0.2) is 161 Å². The number of Topliss-reactive ketones (excluding diaryl/α,β-unsaturated/α-hetero) is 3. The second-order valence-corrected chi connectivity index (χ2v) is 28.9. The number of nitrogens with two attached hydrogens (primary N) is 2. The Morgan fingerprint density at radius 3 is 1.29 bits per heavy atom. The Labute approximate surface area is 682 Å². The van der Waals surface area contributed by atoms with Crippen molar-refractivity contribution >= 4 is 234 Å². The van der Waals surface area contributed by atoms with E-state index in [0.29, 0.717) is 57.0 Å². The summed E-state index contributed by atoms with van der Waals surface area (Å²) >= 11 is 23.9. The zero-order chi connectivity index (χ0) is 76.9. The van der Waals surface area contributed by atoms with Crippen LogP contribution in [0.1, 0.15) is 78.1 Å². The summed E-state index contributed by atoms with van der Waals surface area (Å²) in [6.07, 6.45) is 7.06. The van der Waals surface area contributed by atoms with Crippen molar-refractivity contribution in [2.45, 2.75) is 65.4 Å². The standard InChI is InChI=1S/C12H14BrN3O2.C11H9BrFN3O.C9H7BrN2O.C8H5BrN2O2.C7H6BrN3.C5H5BO3S.C5H5BrN2.C4H5BrO2.C4H5FO2.Li.2H2O/c1-12(2,3)18-11(17)15-9-7-16-8(13)5-4-6-10(16)14-9;12-8-2-1-3-10-14-9(5-16(8)10)15-11(17)6-4-7(6)13;1-6(13)7-5-12-8(10)3-2-4-9(12)11-7;9-6-2-1-3-7-10-5(8(12)13)4-11(6)7;8-5-2-1-3-7-10-6(9)4-11(5)7;7-3-4-1-2-5(10-4)6(8)9;6-4-2-1-3-5(7)8-4;1-3(6)4(7)2-5;5-3-1-2(3)4(6)7;;;/h4-7H,1-3H3,(H,15,17);1-3,5-7H,4H2,(H,15,17);2-5H,1H3;1-4H,(H,12,13);1-4H,9H2;1-3,8-9H;1-3H,(H2,7,8);2H2,1H3;2-3H,1H2,(H,6,7);;2*1H2/q;;;;;;;;;+1;;/p-1/t;6-,7-;;;;;;;2-,3-;;;/m.0......0.../s1. The van der Waals surface area contributed by atoms with Crippen molar-refractivity contribution in [1.82, 2.24) is 51.9 Å². The van der Waals surface area contributed by atoms with Gasteiger partial charge in [-0.25, -0.2) is 48.3 Å². The third-order valence-corrected chi connectivity index (χ3v) is 18.3. The average Bonchev–Trinajstić information content (AvgIpc) is 1.65. The molecular formula is C65H64BBr7F2LiN15O15S. The first-order valence-corrected chi connectivity index (χ1v) is 36.6. The zero-order valence-corrected chi connectivity index (χ0v) is 68.7. The van der Waals surface area contributed by atoms with E-state index in [1.165, 1.54) is 26.1 Å². The smallest absolute Gasteiger partial charge is 0.870 e.